The molecule has 5 aromatic rings. The number of hydrogen-bond donors (Lipinski definition) is 0. The average Bonchev–Trinajstić information content (AvgIpc) is 2.86. The smallest absolute Gasteiger partial charge is 0.200 e. The number of rotatable bonds is 4. The van der Waals surface area contributed by atoms with Gasteiger partial charge >= 0.3 is 0 Å². The van der Waals surface area contributed by atoms with Gasteiger partial charge in [-0.05, 0) is 92.8 Å². The molecule has 212 valence electrons. The first-order valence-electron chi connectivity index (χ1n) is 15.3. The van der Waals surface area contributed by atoms with Crippen molar-refractivity contribution in [2.24, 2.45) is 23.8 Å². The standard InChI is InChI=1S/C39H46NS/c1-23(2)17-32-28-14-12-26(22-39(7,8)9)18-30(28)24(3)34-36-35-29(15-16-40(36)10)31-19-25(21-38(4,5)6)11-13-27(31)20-33(35)41-37(32)34/h11-16,18-20,23H,17,21-22H2,1-10H3/q+1. The molecule has 0 saturated carbocycles. The summed E-state index contributed by atoms with van der Waals surface area (Å²) in [7, 11) is 2.24. The van der Waals surface area contributed by atoms with Crippen molar-refractivity contribution in [1.29, 1.82) is 0 Å². The van der Waals surface area contributed by atoms with Crippen LogP contribution in [0.3, 0.4) is 0 Å². The summed E-state index contributed by atoms with van der Waals surface area (Å²) in [5.41, 5.74) is 9.14. The van der Waals surface area contributed by atoms with E-state index in [-0.39, 0.29) is 10.8 Å². The van der Waals surface area contributed by atoms with Gasteiger partial charge in [-0.15, -0.1) is 0 Å². The number of pyridine rings is 1. The third-order valence-corrected chi connectivity index (χ3v) is 9.68. The number of benzene rings is 4. The van der Waals surface area contributed by atoms with Crippen molar-refractivity contribution in [2.75, 3.05) is 0 Å². The second-order valence-corrected chi connectivity index (χ2v) is 16.4. The Labute approximate surface area is 251 Å². The molecule has 2 heteroatoms. The van der Waals surface area contributed by atoms with E-state index in [1.165, 1.54) is 75.6 Å². The second kappa shape index (κ2) is 9.87. The molecular formula is C39H46NS+. The molecule has 0 atom stereocenters. The van der Waals surface area contributed by atoms with Gasteiger partial charge in [0.25, 0.3) is 0 Å². The number of aryl methyl sites for hydroxylation is 2. The zero-order chi connectivity index (χ0) is 29.4. The molecule has 2 heterocycles. The van der Waals surface area contributed by atoms with E-state index < -0.39 is 0 Å². The van der Waals surface area contributed by atoms with Gasteiger partial charge in [0.15, 0.2) is 6.20 Å². The van der Waals surface area contributed by atoms with Crippen LogP contribution < -0.4 is 4.57 Å². The maximum absolute atomic E-state index is 2.50. The lowest BCUT2D eigenvalue weighted by molar-refractivity contribution is -0.659. The van der Waals surface area contributed by atoms with Crippen LogP contribution in [0.5, 0.6) is 0 Å². The van der Waals surface area contributed by atoms with Gasteiger partial charge < -0.3 is 0 Å². The molecule has 0 spiro atoms. The van der Waals surface area contributed by atoms with E-state index in [1.807, 2.05) is 11.8 Å². The number of hydrogen-bond acceptors (Lipinski definition) is 1. The van der Waals surface area contributed by atoms with Crippen molar-refractivity contribution >= 4 is 44.1 Å². The van der Waals surface area contributed by atoms with Crippen LogP contribution in [-0.4, -0.2) is 0 Å². The molecule has 0 radical (unpaired) electrons. The van der Waals surface area contributed by atoms with Crippen LogP contribution in [-0.2, 0) is 26.3 Å². The molecular weight excluding hydrogens is 515 g/mol. The van der Waals surface area contributed by atoms with E-state index >= 15 is 0 Å². The lowest BCUT2D eigenvalue weighted by Gasteiger charge is -2.26. The summed E-state index contributed by atoms with van der Waals surface area (Å²) in [6.07, 6.45) is 5.54. The van der Waals surface area contributed by atoms with E-state index in [1.54, 1.807) is 0 Å². The minimum atomic E-state index is 0.260. The monoisotopic (exact) mass is 560 g/mol. The van der Waals surface area contributed by atoms with Gasteiger partial charge in [-0.2, -0.15) is 0 Å². The Hall–Kier alpha value is -2.84. The van der Waals surface area contributed by atoms with Crippen molar-refractivity contribution < 1.29 is 4.57 Å². The van der Waals surface area contributed by atoms with Crippen molar-refractivity contribution in [1.82, 2.24) is 0 Å². The first-order chi connectivity index (χ1) is 19.2. The predicted octanol–water partition coefficient (Wildman–Crippen LogP) is 10.8. The fraction of sp³-hybridized carbons (Fsp3) is 0.410. The highest BCUT2D eigenvalue weighted by molar-refractivity contribution is 8.00. The summed E-state index contributed by atoms with van der Waals surface area (Å²) in [6, 6.07) is 19.3. The molecule has 0 fully saturated rings. The summed E-state index contributed by atoms with van der Waals surface area (Å²) in [6.45, 7) is 21.1. The Bertz CT molecular complexity index is 1840. The maximum Gasteiger partial charge on any atom is 0.222 e. The molecule has 1 aliphatic heterocycles. The van der Waals surface area contributed by atoms with E-state index in [0.717, 1.165) is 19.3 Å². The molecule has 4 aromatic carbocycles. The van der Waals surface area contributed by atoms with E-state index in [2.05, 4.69) is 129 Å². The van der Waals surface area contributed by atoms with Gasteiger partial charge in [0.05, 0.1) is 10.9 Å². The van der Waals surface area contributed by atoms with Crippen LogP contribution in [0.4, 0.5) is 0 Å². The summed E-state index contributed by atoms with van der Waals surface area (Å²) in [4.78, 5) is 2.86. The first-order valence-corrected chi connectivity index (χ1v) is 16.2. The first kappa shape index (κ1) is 28.3. The number of nitrogens with zero attached hydrogens (tertiary/aromatic N) is 1. The fourth-order valence-electron chi connectivity index (χ4n) is 6.99. The molecule has 1 aliphatic rings. The molecule has 0 amide bonds. The fourth-order valence-corrected chi connectivity index (χ4v) is 8.37. The van der Waals surface area contributed by atoms with Gasteiger partial charge in [0.1, 0.15) is 7.05 Å². The SMILES string of the molecule is Cc1c2c(c(CC(C)C)c3ccc(CC(C)(C)C)cc13)Sc1cc3ccc(CC(C)(C)C)cc3c3cc[n+](C)c-2c13. The van der Waals surface area contributed by atoms with E-state index in [0.29, 0.717) is 5.92 Å². The molecule has 0 aliphatic carbocycles. The van der Waals surface area contributed by atoms with Gasteiger partial charge in [-0.1, -0.05) is 104 Å². The van der Waals surface area contributed by atoms with Crippen LogP contribution >= 0.6 is 11.8 Å². The minimum absolute atomic E-state index is 0.260. The lowest BCUT2D eigenvalue weighted by atomic mass is 9.84. The van der Waals surface area contributed by atoms with Crippen LogP contribution in [0.25, 0.3) is 43.6 Å². The Morgan fingerprint density at radius 3 is 2.02 bits per heavy atom. The Morgan fingerprint density at radius 1 is 0.756 bits per heavy atom. The topological polar surface area (TPSA) is 3.88 Å². The van der Waals surface area contributed by atoms with Crippen LogP contribution in [0.15, 0.2) is 64.5 Å². The van der Waals surface area contributed by atoms with Gasteiger partial charge in [0, 0.05) is 21.2 Å². The highest BCUT2D eigenvalue weighted by Gasteiger charge is 2.32. The lowest BCUT2D eigenvalue weighted by Crippen LogP contribution is -2.32. The zero-order valence-corrected chi connectivity index (χ0v) is 27.6. The van der Waals surface area contributed by atoms with Gasteiger partial charge in [-0.3, -0.25) is 0 Å². The molecule has 0 saturated heterocycles. The van der Waals surface area contributed by atoms with Crippen molar-refractivity contribution in [3.05, 3.63) is 77.0 Å². The van der Waals surface area contributed by atoms with Gasteiger partial charge in [0.2, 0.25) is 5.69 Å². The minimum Gasteiger partial charge on any atom is -0.200 e. The van der Waals surface area contributed by atoms with E-state index in [4.69, 9.17) is 0 Å². The summed E-state index contributed by atoms with van der Waals surface area (Å²) in [5.74, 6) is 0.587. The highest BCUT2D eigenvalue weighted by Crippen LogP contribution is 2.53. The average molecular weight is 561 g/mol. The summed E-state index contributed by atoms with van der Waals surface area (Å²) < 4.78 is 2.38. The van der Waals surface area contributed by atoms with Crippen molar-refractivity contribution in [2.45, 2.75) is 91.4 Å². The Kier molecular flexibility index (Phi) is 6.81. The molecule has 1 aromatic heterocycles. The summed E-state index contributed by atoms with van der Waals surface area (Å²) in [5, 5.41) is 8.38. The molecule has 41 heavy (non-hydrogen) atoms. The molecule has 1 nitrogen and oxygen atoms in total. The molecule has 0 bridgehead atoms. The van der Waals surface area contributed by atoms with E-state index in [9.17, 15) is 0 Å². The Balaban J connectivity index is 1.69. The molecule has 0 unspecified atom stereocenters. The van der Waals surface area contributed by atoms with Gasteiger partial charge in [-0.25, -0.2) is 4.57 Å². The summed E-state index contributed by atoms with van der Waals surface area (Å²) >= 11 is 2.01. The highest BCUT2D eigenvalue weighted by atomic mass is 32.2. The normalized spacial score (nSPS) is 13.5. The van der Waals surface area contributed by atoms with Crippen molar-refractivity contribution in [3.63, 3.8) is 0 Å². The maximum atomic E-state index is 2.50. The van der Waals surface area contributed by atoms with Crippen LogP contribution in [0, 0.1) is 23.7 Å². The largest absolute Gasteiger partial charge is 0.222 e. The second-order valence-electron chi connectivity index (χ2n) is 15.4. The third-order valence-electron chi connectivity index (χ3n) is 8.48. The molecule has 6 rings (SSSR count). The number of aromatic nitrogens is 1. The van der Waals surface area contributed by atoms with Crippen LogP contribution in [0.1, 0.15) is 77.6 Å². The zero-order valence-electron chi connectivity index (χ0n) is 26.8. The molecule has 0 N–H and O–H groups in total. The van der Waals surface area contributed by atoms with Crippen molar-refractivity contribution in [3.8, 4) is 11.3 Å². The predicted molar refractivity (Wildman–Crippen MR) is 179 cm³/mol. The quantitative estimate of drug-likeness (QED) is 0.153. The third kappa shape index (κ3) is 5.18. The Morgan fingerprint density at radius 2 is 1.39 bits per heavy atom. The van der Waals surface area contributed by atoms with Crippen LogP contribution in [0.2, 0.25) is 0 Å². The number of fused-ring (bicyclic) bond motifs is 5.